The maximum absolute atomic E-state index is 6.31. The number of hydrogen-bond acceptors (Lipinski definition) is 2. The first-order valence-electron chi connectivity index (χ1n) is 5.92. The highest BCUT2D eigenvalue weighted by atomic mass is 79.9. The van der Waals surface area contributed by atoms with Gasteiger partial charge in [0.05, 0.1) is 32.5 Å². The van der Waals surface area contributed by atoms with Crippen LogP contribution < -0.4 is 5.32 Å². The Morgan fingerprint density at radius 3 is 2.79 bits per heavy atom. The molecule has 1 unspecified atom stereocenters. The van der Waals surface area contributed by atoms with Gasteiger partial charge in [-0.15, -0.1) is 0 Å². The summed E-state index contributed by atoms with van der Waals surface area (Å²) in [6, 6.07) is 5.58. The molecule has 6 heteroatoms. The molecule has 0 amide bonds. The maximum Gasteiger partial charge on any atom is 0.0772 e. The summed E-state index contributed by atoms with van der Waals surface area (Å²) in [4.78, 5) is 0. The first kappa shape index (κ1) is 14.9. The lowest BCUT2D eigenvalue weighted by Crippen LogP contribution is -2.22. The van der Waals surface area contributed by atoms with Gasteiger partial charge in [-0.1, -0.05) is 35.3 Å². The van der Waals surface area contributed by atoms with E-state index in [4.69, 9.17) is 23.2 Å². The molecule has 102 valence electrons. The molecule has 1 heterocycles. The van der Waals surface area contributed by atoms with E-state index in [1.165, 1.54) is 0 Å². The predicted molar refractivity (Wildman–Crippen MR) is 83.0 cm³/mol. The van der Waals surface area contributed by atoms with Crippen LogP contribution in [0.1, 0.15) is 24.2 Å². The number of aryl methyl sites for hydroxylation is 1. The first-order valence-corrected chi connectivity index (χ1v) is 7.47. The lowest BCUT2D eigenvalue weighted by atomic mass is 10.0. The Morgan fingerprint density at radius 1 is 1.42 bits per heavy atom. The Labute approximate surface area is 131 Å². The quantitative estimate of drug-likeness (QED) is 0.879. The van der Waals surface area contributed by atoms with Gasteiger partial charge in [0.25, 0.3) is 0 Å². The van der Waals surface area contributed by atoms with Gasteiger partial charge in [0.1, 0.15) is 0 Å². The van der Waals surface area contributed by atoms with Crippen molar-refractivity contribution in [3.63, 3.8) is 0 Å². The summed E-state index contributed by atoms with van der Waals surface area (Å²) in [7, 11) is 1.89. The normalized spacial score (nSPS) is 12.7. The summed E-state index contributed by atoms with van der Waals surface area (Å²) < 4.78 is 2.88. The van der Waals surface area contributed by atoms with Crippen molar-refractivity contribution in [1.29, 1.82) is 0 Å². The van der Waals surface area contributed by atoms with E-state index in [9.17, 15) is 0 Å². The summed E-state index contributed by atoms with van der Waals surface area (Å²) in [5, 5.41) is 8.73. The molecule has 2 aromatic rings. The van der Waals surface area contributed by atoms with Crippen LogP contribution in [0.5, 0.6) is 0 Å². The molecule has 1 N–H and O–H groups in total. The summed E-state index contributed by atoms with van der Waals surface area (Å²) in [5.41, 5.74) is 1.97. The van der Waals surface area contributed by atoms with Crippen LogP contribution in [0.3, 0.4) is 0 Å². The van der Waals surface area contributed by atoms with Crippen molar-refractivity contribution in [3.05, 3.63) is 50.2 Å². The van der Waals surface area contributed by atoms with E-state index in [1.54, 1.807) is 12.3 Å². The Balaban J connectivity index is 2.56. The molecule has 0 fully saturated rings. The molecule has 19 heavy (non-hydrogen) atoms. The lowest BCUT2D eigenvalue weighted by molar-refractivity contribution is 0.562. The van der Waals surface area contributed by atoms with Crippen molar-refractivity contribution in [2.45, 2.75) is 19.5 Å². The lowest BCUT2D eigenvalue weighted by Gasteiger charge is -2.20. The summed E-state index contributed by atoms with van der Waals surface area (Å²) in [6.07, 6.45) is 1.79. The highest BCUT2D eigenvalue weighted by molar-refractivity contribution is 9.10. The third kappa shape index (κ3) is 2.82. The minimum Gasteiger partial charge on any atom is -0.308 e. The van der Waals surface area contributed by atoms with E-state index in [1.807, 2.05) is 23.9 Å². The van der Waals surface area contributed by atoms with Crippen LogP contribution in [0.15, 0.2) is 28.9 Å². The predicted octanol–water partition coefficient (Wildman–Crippen LogP) is 4.28. The Kier molecular flexibility index (Phi) is 4.90. The highest BCUT2D eigenvalue weighted by Gasteiger charge is 2.22. The molecular formula is C13H14BrCl2N3. The molecule has 0 aliphatic carbocycles. The van der Waals surface area contributed by atoms with Gasteiger partial charge in [0, 0.05) is 6.54 Å². The largest absolute Gasteiger partial charge is 0.308 e. The van der Waals surface area contributed by atoms with Gasteiger partial charge >= 0.3 is 0 Å². The van der Waals surface area contributed by atoms with Gasteiger partial charge in [0.15, 0.2) is 0 Å². The second-order valence-electron chi connectivity index (χ2n) is 4.06. The molecule has 0 saturated heterocycles. The van der Waals surface area contributed by atoms with Gasteiger partial charge < -0.3 is 5.32 Å². The third-order valence-electron chi connectivity index (χ3n) is 2.99. The van der Waals surface area contributed by atoms with Crippen molar-refractivity contribution < 1.29 is 0 Å². The molecular weight excluding hydrogens is 349 g/mol. The van der Waals surface area contributed by atoms with Crippen LogP contribution in [0.25, 0.3) is 0 Å². The van der Waals surface area contributed by atoms with Crippen molar-refractivity contribution in [3.8, 4) is 0 Å². The molecule has 0 saturated carbocycles. The molecule has 0 radical (unpaired) electrons. The van der Waals surface area contributed by atoms with Gasteiger partial charge in [-0.25, -0.2) is 0 Å². The number of rotatable bonds is 4. The van der Waals surface area contributed by atoms with Crippen molar-refractivity contribution >= 4 is 39.1 Å². The number of nitrogens with one attached hydrogen (secondary N) is 1. The number of halogens is 3. The zero-order chi connectivity index (χ0) is 14.0. The second-order valence-corrected chi connectivity index (χ2v) is 5.70. The third-order valence-corrected chi connectivity index (χ3v) is 4.43. The molecule has 1 aromatic heterocycles. The van der Waals surface area contributed by atoms with E-state index in [2.05, 4.69) is 33.3 Å². The Morgan fingerprint density at radius 2 is 2.16 bits per heavy atom. The van der Waals surface area contributed by atoms with Crippen molar-refractivity contribution in [1.82, 2.24) is 15.1 Å². The number of aromatic nitrogens is 2. The van der Waals surface area contributed by atoms with Gasteiger partial charge in [-0.05, 0) is 41.5 Å². The minimum atomic E-state index is -0.0666. The van der Waals surface area contributed by atoms with E-state index in [-0.39, 0.29) is 6.04 Å². The topological polar surface area (TPSA) is 29.9 Å². The minimum absolute atomic E-state index is 0.0666. The fourth-order valence-electron chi connectivity index (χ4n) is 2.09. The maximum atomic E-state index is 6.31. The van der Waals surface area contributed by atoms with E-state index in [0.717, 1.165) is 22.3 Å². The first-order chi connectivity index (χ1) is 9.10. The SMILES string of the molecule is CCn1ncc(Br)c1C(NC)c1cccc(Cl)c1Cl. The Bertz CT molecular complexity index is 583. The van der Waals surface area contributed by atoms with Crippen LogP contribution in [-0.2, 0) is 6.54 Å². The van der Waals surface area contributed by atoms with Crippen LogP contribution >= 0.6 is 39.1 Å². The molecule has 0 aliphatic heterocycles. The molecule has 1 aromatic carbocycles. The van der Waals surface area contributed by atoms with Crippen LogP contribution in [-0.4, -0.2) is 16.8 Å². The zero-order valence-electron chi connectivity index (χ0n) is 10.6. The highest BCUT2D eigenvalue weighted by Crippen LogP contribution is 2.35. The number of benzene rings is 1. The number of hydrogen-bond donors (Lipinski definition) is 1. The van der Waals surface area contributed by atoms with Crippen LogP contribution in [0, 0.1) is 0 Å². The summed E-state index contributed by atoms with van der Waals surface area (Å²) in [6.45, 7) is 2.84. The molecule has 0 spiro atoms. The Hall–Kier alpha value is -0.550. The molecule has 2 rings (SSSR count). The average molecular weight is 363 g/mol. The van der Waals surface area contributed by atoms with Gasteiger partial charge in [0.2, 0.25) is 0 Å². The van der Waals surface area contributed by atoms with Gasteiger partial charge in [-0.2, -0.15) is 5.10 Å². The standard InChI is InChI=1S/C13H14BrCl2N3/c1-3-19-13(9(14)7-18-19)12(17-2)8-5-4-6-10(15)11(8)16/h4-7,12,17H,3H2,1-2H3. The fraction of sp³-hybridized carbons (Fsp3) is 0.308. The van der Waals surface area contributed by atoms with Crippen molar-refractivity contribution in [2.75, 3.05) is 7.05 Å². The van der Waals surface area contributed by atoms with Crippen LogP contribution in [0.2, 0.25) is 10.0 Å². The van der Waals surface area contributed by atoms with E-state index in [0.29, 0.717) is 10.0 Å². The monoisotopic (exact) mass is 361 g/mol. The smallest absolute Gasteiger partial charge is 0.0772 e. The average Bonchev–Trinajstić information content (AvgIpc) is 2.77. The van der Waals surface area contributed by atoms with Crippen LogP contribution in [0.4, 0.5) is 0 Å². The zero-order valence-corrected chi connectivity index (χ0v) is 13.7. The van der Waals surface area contributed by atoms with E-state index < -0.39 is 0 Å². The van der Waals surface area contributed by atoms with E-state index >= 15 is 0 Å². The molecule has 0 aliphatic rings. The van der Waals surface area contributed by atoms with Gasteiger partial charge in [-0.3, -0.25) is 4.68 Å². The molecule has 1 atom stereocenters. The fourth-order valence-corrected chi connectivity index (χ4v) is 3.04. The van der Waals surface area contributed by atoms with Crippen molar-refractivity contribution in [2.24, 2.45) is 0 Å². The molecule has 0 bridgehead atoms. The molecule has 3 nitrogen and oxygen atoms in total. The number of nitrogens with zero attached hydrogens (tertiary/aromatic N) is 2. The second kappa shape index (κ2) is 6.27. The summed E-state index contributed by atoms with van der Waals surface area (Å²) >= 11 is 16.0. The summed E-state index contributed by atoms with van der Waals surface area (Å²) in [5.74, 6) is 0.